The van der Waals surface area contributed by atoms with Crippen LogP contribution in [0.4, 0.5) is 11.5 Å². The van der Waals surface area contributed by atoms with E-state index in [9.17, 15) is 10.1 Å². The Morgan fingerprint density at radius 1 is 1.44 bits per heavy atom. The summed E-state index contributed by atoms with van der Waals surface area (Å²) in [5.74, 6) is 0.322. The minimum Gasteiger partial charge on any atom is -0.432 e. The second-order valence-electron chi connectivity index (χ2n) is 3.17. The lowest BCUT2D eigenvalue weighted by Gasteiger charge is -2.06. The zero-order valence-corrected chi connectivity index (χ0v) is 9.40. The van der Waals surface area contributed by atoms with Crippen molar-refractivity contribution in [2.45, 2.75) is 0 Å². The first-order valence-electron chi connectivity index (χ1n) is 4.97. The van der Waals surface area contributed by atoms with Gasteiger partial charge in [0.2, 0.25) is 5.82 Å². The van der Waals surface area contributed by atoms with Crippen LogP contribution in [-0.2, 0) is 0 Å². The van der Waals surface area contributed by atoms with Crippen LogP contribution in [0, 0.1) is 10.1 Å². The number of pyridine rings is 1. The van der Waals surface area contributed by atoms with E-state index in [0.717, 1.165) is 0 Å². The van der Waals surface area contributed by atoms with Crippen molar-refractivity contribution in [3.8, 4) is 11.6 Å². The van der Waals surface area contributed by atoms with Crippen LogP contribution in [0.3, 0.4) is 0 Å². The van der Waals surface area contributed by atoms with Crippen molar-refractivity contribution >= 4 is 11.5 Å². The van der Waals surface area contributed by atoms with Gasteiger partial charge in [-0.25, -0.2) is 4.98 Å². The first-order valence-corrected chi connectivity index (χ1v) is 4.97. The standard InChI is InChI=1S/C10H9N5O3/c1-11-9-8(15(16)17)10(14-6-13-9)18-7-3-2-4-12-5-7/h2-6H,1H3,(H,11,13,14). The van der Waals surface area contributed by atoms with E-state index >= 15 is 0 Å². The quantitative estimate of drug-likeness (QED) is 0.646. The normalized spacial score (nSPS) is 9.83. The predicted molar refractivity (Wildman–Crippen MR) is 62.5 cm³/mol. The molecule has 0 fully saturated rings. The topological polar surface area (TPSA) is 103 Å². The van der Waals surface area contributed by atoms with Crippen LogP contribution >= 0.6 is 0 Å². The van der Waals surface area contributed by atoms with Crippen molar-refractivity contribution in [3.63, 3.8) is 0 Å². The minimum atomic E-state index is -0.600. The molecular weight excluding hydrogens is 238 g/mol. The van der Waals surface area contributed by atoms with Crippen molar-refractivity contribution < 1.29 is 9.66 Å². The zero-order chi connectivity index (χ0) is 13.0. The zero-order valence-electron chi connectivity index (χ0n) is 9.40. The number of anilines is 1. The third-order valence-corrected chi connectivity index (χ3v) is 2.06. The highest BCUT2D eigenvalue weighted by molar-refractivity contribution is 5.61. The number of nitro groups is 1. The average molecular weight is 247 g/mol. The van der Waals surface area contributed by atoms with E-state index in [2.05, 4.69) is 20.3 Å². The maximum absolute atomic E-state index is 11.0. The van der Waals surface area contributed by atoms with E-state index in [1.807, 2.05) is 0 Å². The molecule has 8 nitrogen and oxygen atoms in total. The fourth-order valence-electron chi connectivity index (χ4n) is 1.30. The van der Waals surface area contributed by atoms with E-state index < -0.39 is 4.92 Å². The number of nitrogens with one attached hydrogen (secondary N) is 1. The molecule has 0 aliphatic carbocycles. The van der Waals surface area contributed by atoms with Gasteiger partial charge in [-0.1, -0.05) is 0 Å². The molecule has 0 radical (unpaired) electrons. The molecule has 18 heavy (non-hydrogen) atoms. The number of hydrogen-bond acceptors (Lipinski definition) is 7. The third-order valence-electron chi connectivity index (χ3n) is 2.06. The summed E-state index contributed by atoms with van der Waals surface area (Å²) in [7, 11) is 1.53. The second-order valence-corrected chi connectivity index (χ2v) is 3.17. The van der Waals surface area contributed by atoms with Gasteiger partial charge < -0.3 is 10.1 Å². The number of ether oxygens (including phenoxy) is 1. The molecule has 0 spiro atoms. The van der Waals surface area contributed by atoms with Crippen molar-refractivity contribution in [3.05, 3.63) is 41.0 Å². The van der Waals surface area contributed by atoms with Crippen molar-refractivity contribution in [1.82, 2.24) is 15.0 Å². The Morgan fingerprint density at radius 2 is 2.28 bits per heavy atom. The van der Waals surface area contributed by atoms with Gasteiger partial charge >= 0.3 is 11.6 Å². The van der Waals surface area contributed by atoms with Gasteiger partial charge in [-0.2, -0.15) is 4.98 Å². The van der Waals surface area contributed by atoms with E-state index in [0.29, 0.717) is 5.75 Å². The summed E-state index contributed by atoms with van der Waals surface area (Å²) in [6.45, 7) is 0. The Kier molecular flexibility index (Phi) is 3.28. The number of aromatic nitrogens is 3. The molecule has 2 aromatic heterocycles. The summed E-state index contributed by atoms with van der Waals surface area (Å²) >= 11 is 0. The molecule has 0 aliphatic heterocycles. The molecule has 0 saturated heterocycles. The fraction of sp³-hybridized carbons (Fsp3) is 0.100. The lowest BCUT2D eigenvalue weighted by Crippen LogP contribution is -2.03. The van der Waals surface area contributed by atoms with Crippen molar-refractivity contribution in [2.24, 2.45) is 0 Å². The molecule has 1 N–H and O–H groups in total. The van der Waals surface area contributed by atoms with E-state index in [1.54, 1.807) is 18.3 Å². The Balaban J connectivity index is 2.42. The highest BCUT2D eigenvalue weighted by Gasteiger charge is 2.24. The van der Waals surface area contributed by atoms with E-state index in [-0.39, 0.29) is 17.4 Å². The maximum atomic E-state index is 11.0. The van der Waals surface area contributed by atoms with Gasteiger partial charge in [0.1, 0.15) is 12.1 Å². The minimum absolute atomic E-state index is 0.0916. The average Bonchev–Trinajstić information content (AvgIpc) is 2.39. The van der Waals surface area contributed by atoms with E-state index in [4.69, 9.17) is 4.74 Å². The van der Waals surface area contributed by atoms with Crippen molar-refractivity contribution in [2.75, 3.05) is 12.4 Å². The summed E-state index contributed by atoms with van der Waals surface area (Å²) in [6, 6.07) is 3.28. The number of hydrogen-bond donors (Lipinski definition) is 1. The van der Waals surface area contributed by atoms with Gasteiger partial charge in [0, 0.05) is 13.2 Å². The molecule has 2 aromatic rings. The largest absolute Gasteiger partial charge is 0.432 e. The Morgan fingerprint density at radius 3 is 2.89 bits per heavy atom. The summed E-state index contributed by atoms with van der Waals surface area (Å²) in [5.41, 5.74) is -0.316. The molecule has 0 saturated carbocycles. The fourth-order valence-corrected chi connectivity index (χ4v) is 1.30. The highest BCUT2D eigenvalue weighted by atomic mass is 16.6. The molecule has 8 heteroatoms. The number of rotatable bonds is 4. The third kappa shape index (κ3) is 2.32. The Labute approximate surface area is 102 Å². The van der Waals surface area contributed by atoms with Gasteiger partial charge in [-0.3, -0.25) is 15.1 Å². The molecule has 2 rings (SSSR count). The highest BCUT2D eigenvalue weighted by Crippen LogP contribution is 2.33. The molecule has 0 aromatic carbocycles. The SMILES string of the molecule is CNc1ncnc(Oc2cccnc2)c1[N+](=O)[O-]. The van der Waals surface area contributed by atoms with Crippen LogP contribution in [0.25, 0.3) is 0 Å². The lowest BCUT2D eigenvalue weighted by molar-refractivity contribution is -0.385. The monoisotopic (exact) mass is 247 g/mol. The van der Waals surface area contributed by atoms with Gasteiger partial charge in [0.25, 0.3) is 0 Å². The number of nitrogens with zero attached hydrogens (tertiary/aromatic N) is 4. The van der Waals surface area contributed by atoms with E-state index in [1.165, 1.54) is 19.6 Å². The van der Waals surface area contributed by atoms with Crippen LogP contribution in [0.2, 0.25) is 0 Å². The molecule has 0 atom stereocenters. The summed E-state index contributed by atoms with van der Waals surface area (Å²) in [4.78, 5) is 21.7. The molecule has 92 valence electrons. The summed E-state index contributed by atoms with van der Waals surface area (Å²) in [6.07, 6.45) is 4.19. The molecular formula is C10H9N5O3. The molecule has 0 aliphatic rings. The van der Waals surface area contributed by atoms with Crippen LogP contribution in [-0.4, -0.2) is 26.9 Å². The van der Waals surface area contributed by atoms with Crippen molar-refractivity contribution in [1.29, 1.82) is 0 Å². The van der Waals surface area contributed by atoms with Crippen LogP contribution in [0.15, 0.2) is 30.9 Å². The van der Waals surface area contributed by atoms with Crippen LogP contribution < -0.4 is 10.1 Å². The summed E-state index contributed by atoms with van der Waals surface area (Å²) in [5, 5.41) is 13.6. The van der Waals surface area contributed by atoms with Gasteiger partial charge in [-0.05, 0) is 12.1 Å². The predicted octanol–water partition coefficient (Wildman–Crippen LogP) is 1.61. The van der Waals surface area contributed by atoms with Gasteiger partial charge in [-0.15, -0.1) is 0 Å². The molecule has 0 unspecified atom stereocenters. The van der Waals surface area contributed by atoms with Gasteiger partial charge in [0.05, 0.1) is 11.1 Å². The Hall–Kier alpha value is -2.77. The lowest BCUT2D eigenvalue weighted by atomic mass is 10.4. The molecule has 0 bridgehead atoms. The second kappa shape index (κ2) is 5.04. The molecule has 0 amide bonds. The first-order chi connectivity index (χ1) is 8.72. The Bertz CT molecular complexity index is 561. The first kappa shape index (κ1) is 11.7. The van der Waals surface area contributed by atoms with Crippen LogP contribution in [0.1, 0.15) is 0 Å². The van der Waals surface area contributed by atoms with Crippen LogP contribution in [0.5, 0.6) is 11.6 Å². The van der Waals surface area contributed by atoms with Gasteiger partial charge in [0.15, 0.2) is 0 Å². The maximum Gasteiger partial charge on any atom is 0.373 e. The smallest absolute Gasteiger partial charge is 0.373 e. The molecule has 2 heterocycles. The summed E-state index contributed by atoms with van der Waals surface area (Å²) < 4.78 is 5.32.